The summed E-state index contributed by atoms with van der Waals surface area (Å²) in [6.07, 6.45) is 3.36. The van der Waals surface area contributed by atoms with Crippen LogP contribution >= 0.6 is 0 Å². The molecule has 24 heavy (non-hydrogen) atoms. The van der Waals surface area contributed by atoms with E-state index in [0.717, 1.165) is 30.5 Å². The SMILES string of the molecule is CCc1cc(-c2ccc3ccccc3n2)cc(C(C)(CC)CC)c1. The van der Waals surface area contributed by atoms with E-state index in [1.54, 1.807) is 0 Å². The Morgan fingerprint density at radius 3 is 2.33 bits per heavy atom. The van der Waals surface area contributed by atoms with Crippen molar-refractivity contribution in [2.75, 3.05) is 0 Å². The lowest BCUT2D eigenvalue weighted by atomic mass is 9.76. The summed E-state index contributed by atoms with van der Waals surface area (Å²) in [5.41, 5.74) is 6.44. The number of para-hydroxylation sites is 1. The van der Waals surface area contributed by atoms with Crippen LogP contribution in [-0.2, 0) is 11.8 Å². The fourth-order valence-electron chi connectivity index (χ4n) is 3.28. The Morgan fingerprint density at radius 2 is 1.62 bits per heavy atom. The first kappa shape index (κ1) is 16.7. The van der Waals surface area contributed by atoms with Crippen molar-refractivity contribution in [1.82, 2.24) is 4.98 Å². The largest absolute Gasteiger partial charge is 0.248 e. The summed E-state index contributed by atoms with van der Waals surface area (Å²) in [5.74, 6) is 0. The molecule has 0 saturated carbocycles. The topological polar surface area (TPSA) is 12.9 Å². The average Bonchev–Trinajstić information content (AvgIpc) is 2.66. The van der Waals surface area contributed by atoms with E-state index >= 15 is 0 Å². The Labute approximate surface area is 145 Å². The van der Waals surface area contributed by atoms with Gasteiger partial charge in [-0.05, 0) is 60.1 Å². The summed E-state index contributed by atoms with van der Waals surface area (Å²) >= 11 is 0. The van der Waals surface area contributed by atoms with Crippen molar-refractivity contribution in [3.05, 3.63) is 65.7 Å². The van der Waals surface area contributed by atoms with Crippen molar-refractivity contribution in [1.29, 1.82) is 0 Å². The first-order valence-electron chi connectivity index (χ1n) is 9.10. The number of rotatable bonds is 5. The predicted molar refractivity (Wildman–Crippen MR) is 104 cm³/mol. The Bertz CT molecular complexity index is 844. The van der Waals surface area contributed by atoms with Gasteiger partial charge in [-0.2, -0.15) is 0 Å². The normalized spacial score (nSPS) is 11.8. The molecule has 0 N–H and O–H groups in total. The molecule has 0 spiro atoms. The molecule has 3 rings (SSSR count). The van der Waals surface area contributed by atoms with E-state index < -0.39 is 0 Å². The van der Waals surface area contributed by atoms with Gasteiger partial charge in [0.2, 0.25) is 0 Å². The van der Waals surface area contributed by atoms with Gasteiger partial charge < -0.3 is 0 Å². The molecule has 0 saturated heterocycles. The molecule has 0 fully saturated rings. The minimum absolute atomic E-state index is 0.233. The van der Waals surface area contributed by atoms with Crippen LogP contribution in [0.3, 0.4) is 0 Å². The lowest BCUT2D eigenvalue weighted by molar-refractivity contribution is 0.438. The molecule has 1 aromatic heterocycles. The summed E-state index contributed by atoms with van der Waals surface area (Å²) < 4.78 is 0. The summed E-state index contributed by atoms with van der Waals surface area (Å²) in [6, 6.07) is 19.7. The van der Waals surface area contributed by atoms with E-state index in [1.165, 1.54) is 22.1 Å². The van der Waals surface area contributed by atoms with Crippen LogP contribution in [0.4, 0.5) is 0 Å². The summed E-state index contributed by atoms with van der Waals surface area (Å²) in [7, 11) is 0. The molecule has 1 heteroatoms. The average molecular weight is 317 g/mol. The highest BCUT2D eigenvalue weighted by Crippen LogP contribution is 2.34. The van der Waals surface area contributed by atoms with Gasteiger partial charge in [-0.3, -0.25) is 0 Å². The van der Waals surface area contributed by atoms with Gasteiger partial charge in [-0.15, -0.1) is 0 Å². The van der Waals surface area contributed by atoms with Crippen molar-refractivity contribution in [3.8, 4) is 11.3 Å². The van der Waals surface area contributed by atoms with Crippen LogP contribution in [0.15, 0.2) is 54.6 Å². The highest BCUT2D eigenvalue weighted by Gasteiger charge is 2.23. The number of fused-ring (bicyclic) bond motifs is 1. The zero-order valence-electron chi connectivity index (χ0n) is 15.3. The fourth-order valence-corrected chi connectivity index (χ4v) is 3.28. The van der Waals surface area contributed by atoms with Crippen molar-refractivity contribution in [2.24, 2.45) is 0 Å². The number of aromatic nitrogens is 1. The molecule has 0 aliphatic carbocycles. The predicted octanol–water partition coefficient (Wildman–Crippen LogP) is 6.54. The van der Waals surface area contributed by atoms with Crippen molar-refractivity contribution in [2.45, 2.75) is 52.4 Å². The van der Waals surface area contributed by atoms with Crippen LogP contribution in [0, 0.1) is 0 Å². The number of hydrogen-bond donors (Lipinski definition) is 0. The molecule has 0 bridgehead atoms. The molecule has 2 aromatic carbocycles. The Kier molecular flexibility index (Phi) is 4.71. The maximum atomic E-state index is 4.90. The van der Waals surface area contributed by atoms with Crippen molar-refractivity contribution >= 4 is 10.9 Å². The summed E-state index contributed by atoms with van der Waals surface area (Å²) in [6.45, 7) is 9.18. The van der Waals surface area contributed by atoms with Gasteiger partial charge in [0, 0.05) is 10.9 Å². The minimum Gasteiger partial charge on any atom is -0.248 e. The van der Waals surface area contributed by atoms with Gasteiger partial charge in [-0.1, -0.05) is 58.0 Å². The highest BCUT2D eigenvalue weighted by molar-refractivity contribution is 5.81. The van der Waals surface area contributed by atoms with E-state index in [-0.39, 0.29) is 5.41 Å². The van der Waals surface area contributed by atoms with Gasteiger partial charge >= 0.3 is 0 Å². The van der Waals surface area contributed by atoms with E-state index in [1.807, 2.05) is 0 Å². The molecule has 124 valence electrons. The number of pyridine rings is 1. The third kappa shape index (κ3) is 3.08. The first-order chi connectivity index (χ1) is 11.6. The maximum Gasteiger partial charge on any atom is 0.0709 e. The molecule has 1 heterocycles. The van der Waals surface area contributed by atoms with E-state index in [2.05, 4.69) is 82.3 Å². The molecule has 0 atom stereocenters. The van der Waals surface area contributed by atoms with Crippen LogP contribution in [-0.4, -0.2) is 4.98 Å². The van der Waals surface area contributed by atoms with Crippen LogP contribution in [0.2, 0.25) is 0 Å². The van der Waals surface area contributed by atoms with Crippen molar-refractivity contribution in [3.63, 3.8) is 0 Å². The molecule has 0 unspecified atom stereocenters. The summed E-state index contributed by atoms with van der Waals surface area (Å²) in [4.78, 5) is 4.90. The van der Waals surface area contributed by atoms with Gasteiger partial charge in [0.05, 0.1) is 11.2 Å². The Balaban J connectivity index is 2.15. The lowest BCUT2D eigenvalue weighted by Gasteiger charge is -2.28. The minimum atomic E-state index is 0.233. The molecule has 0 aliphatic heterocycles. The molecule has 0 radical (unpaired) electrons. The fraction of sp³-hybridized carbons (Fsp3) is 0.348. The van der Waals surface area contributed by atoms with Gasteiger partial charge in [-0.25, -0.2) is 4.98 Å². The number of nitrogens with zero attached hydrogens (tertiary/aromatic N) is 1. The van der Waals surface area contributed by atoms with E-state index in [9.17, 15) is 0 Å². The Morgan fingerprint density at radius 1 is 0.875 bits per heavy atom. The summed E-state index contributed by atoms with van der Waals surface area (Å²) in [5, 5.41) is 1.19. The zero-order chi connectivity index (χ0) is 17.2. The van der Waals surface area contributed by atoms with Gasteiger partial charge in [0.1, 0.15) is 0 Å². The molecule has 0 amide bonds. The first-order valence-corrected chi connectivity index (χ1v) is 9.10. The molecule has 1 nitrogen and oxygen atoms in total. The number of aryl methyl sites for hydroxylation is 1. The molecule has 3 aromatic rings. The monoisotopic (exact) mass is 317 g/mol. The quantitative estimate of drug-likeness (QED) is 0.520. The molecule has 0 aliphatic rings. The third-order valence-corrected chi connectivity index (χ3v) is 5.55. The van der Waals surface area contributed by atoms with Crippen LogP contribution < -0.4 is 0 Å². The maximum absolute atomic E-state index is 4.90. The van der Waals surface area contributed by atoms with E-state index in [0.29, 0.717) is 0 Å². The van der Waals surface area contributed by atoms with Crippen molar-refractivity contribution < 1.29 is 0 Å². The van der Waals surface area contributed by atoms with Gasteiger partial charge in [0.15, 0.2) is 0 Å². The Hall–Kier alpha value is -2.15. The standard InChI is InChI=1S/C23H27N/c1-5-17-14-19(16-20(15-17)23(4,6-2)7-3)22-13-12-18-10-8-9-11-21(18)24-22/h8-16H,5-7H2,1-4H3. The second-order valence-corrected chi connectivity index (χ2v) is 6.93. The highest BCUT2D eigenvalue weighted by atomic mass is 14.7. The smallest absolute Gasteiger partial charge is 0.0709 e. The number of benzene rings is 2. The molecular weight excluding hydrogens is 290 g/mol. The van der Waals surface area contributed by atoms with Gasteiger partial charge in [0.25, 0.3) is 0 Å². The molecular formula is C23H27N. The van der Waals surface area contributed by atoms with Crippen LogP contribution in [0.1, 0.15) is 51.7 Å². The van der Waals surface area contributed by atoms with E-state index in [4.69, 9.17) is 4.98 Å². The number of hydrogen-bond acceptors (Lipinski definition) is 1. The second kappa shape index (κ2) is 6.76. The van der Waals surface area contributed by atoms with Crippen LogP contribution in [0.5, 0.6) is 0 Å². The zero-order valence-corrected chi connectivity index (χ0v) is 15.3. The lowest BCUT2D eigenvalue weighted by Crippen LogP contribution is -2.19. The van der Waals surface area contributed by atoms with Crippen LogP contribution in [0.25, 0.3) is 22.2 Å². The second-order valence-electron chi connectivity index (χ2n) is 6.93. The third-order valence-electron chi connectivity index (χ3n) is 5.55.